The molecule has 0 bridgehead atoms. The Morgan fingerprint density at radius 2 is 1.97 bits per heavy atom. The molecule has 2 aliphatic heterocycles. The van der Waals surface area contributed by atoms with Gasteiger partial charge in [-0.1, -0.05) is 11.6 Å². The molecule has 0 saturated carbocycles. The van der Waals surface area contributed by atoms with Gasteiger partial charge in [-0.3, -0.25) is 19.3 Å². The van der Waals surface area contributed by atoms with E-state index in [0.717, 1.165) is 35.9 Å². The molecule has 2 heterocycles. The first-order valence-corrected chi connectivity index (χ1v) is 10.7. The van der Waals surface area contributed by atoms with Gasteiger partial charge in [-0.25, -0.2) is 0 Å². The molecular weight excluding hydrogens is 416 g/mol. The summed E-state index contributed by atoms with van der Waals surface area (Å²) in [7, 11) is 1.50. The molecule has 2 saturated heterocycles. The number of ether oxygens (including phenoxy) is 2. The summed E-state index contributed by atoms with van der Waals surface area (Å²) in [6, 6.07) is 3.33. The smallest absolute Gasteiger partial charge is 0.294 e. The number of methoxy groups -OCH3 is 1. The van der Waals surface area contributed by atoms with Crippen molar-refractivity contribution in [3.63, 3.8) is 0 Å². The van der Waals surface area contributed by atoms with Crippen molar-refractivity contribution in [1.29, 1.82) is 0 Å². The summed E-state index contributed by atoms with van der Waals surface area (Å²) in [6.45, 7) is 3.39. The number of nitrogens with zero attached hydrogens (tertiary/aromatic N) is 2. The number of benzene rings is 1. The fraction of sp³-hybridized carbons (Fsp3) is 0.450. The zero-order valence-corrected chi connectivity index (χ0v) is 18.0. The van der Waals surface area contributed by atoms with Crippen LogP contribution in [0.4, 0.5) is 4.79 Å². The standard InChI is InChI=1S/C20H23ClN2O5S/c1-3-28-18-14(21)9-13(10-15(18)27-2)11-16-19(25)23(20(26)29-16)12-17(24)22-7-5-4-6-8-22/h9-11H,3-8,12H2,1-2H3. The largest absolute Gasteiger partial charge is 0.493 e. The third-order valence-corrected chi connectivity index (χ3v) is 5.90. The molecule has 9 heteroatoms. The van der Waals surface area contributed by atoms with E-state index in [0.29, 0.717) is 41.8 Å². The Balaban J connectivity index is 1.77. The number of imide groups is 1. The molecule has 0 radical (unpaired) electrons. The van der Waals surface area contributed by atoms with Gasteiger partial charge >= 0.3 is 0 Å². The Morgan fingerprint density at radius 3 is 2.62 bits per heavy atom. The van der Waals surface area contributed by atoms with Crippen LogP contribution in [0.5, 0.6) is 11.5 Å². The van der Waals surface area contributed by atoms with Gasteiger partial charge in [0.2, 0.25) is 5.91 Å². The first-order valence-electron chi connectivity index (χ1n) is 9.48. The highest BCUT2D eigenvalue weighted by Crippen LogP contribution is 2.39. The van der Waals surface area contributed by atoms with Crippen LogP contribution in [-0.2, 0) is 9.59 Å². The minimum Gasteiger partial charge on any atom is -0.493 e. The van der Waals surface area contributed by atoms with Gasteiger partial charge in [0.15, 0.2) is 11.5 Å². The van der Waals surface area contributed by atoms with Crippen molar-refractivity contribution in [2.75, 3.05) is 33.4 Å². The zero-order chi connectivity index (χ0) is 21.0. The van der Waals surface area contributed by atoms with E-state index in [4.69, 9.17) is 21.1 Å². The van der Waals surface area contributed by atoms with Crippen molar-refractivity contribution >= 4 is 46.5 Å². The topological polar surface area (TPSA) is 76.2 Å². The first-order chi connectivity index (χ1) is 13.9. The molecule has 29 heavy (non-hydrogen) atoms. The van der Waals surface area contributed by atoms with Crippen LogP contribution < -0.4 is 9.47 Å². The second-order valence-electron chi connectivity index (χ2n) is 6.68. The Labute approximate surface area is 178 Å². The molecule has 2 aliphatic rings. The Hall–Kier alpha value is -2.19. The van der Waals surface area contributed by atoms with E-state index >= 15 is 0 Å². The van der Waals surface area contributed by atoms with Crippen LogP contribution >= 0.6 is 23.4 Å². The summed E-state index contributed by atoms with van der Waals surface area (Å²) in [5.74, 6) is 0.188. The van der Waals surface area contributed by atoms with Crippen LogP contribution in [0.25, 0.3) is 6.08 Å². The van der Waals surface area contributed by atoms with Crippen molar-refractivity contribution in [1.82, 2.24) is 9.80 Å². The fourth-order valence-electron chi connectivity index (χ4n) is 3.27. The summed E-state index contributed by atoms with van der Waals surface area (Å²) >= 11 is 7.08. The van der Waals surface area contributed by atoms with Gasteiger partial charge in [0, 0.05) is 13.1 Å². The lowest BCUT2D eigenvalue weighted by Crippen LogP contribution is -2.44. The normalized spacial score (nSPS) is 18.5. The van der Waals surface area contributed by atoms with Gasteiger partial charge in [-0.05, 0) is 61.7 Å². The highest BCUT2D eigenvalue weighted by molar-refractivity contribution is 8.18. The van der Waals surface area contributed by atoms with Gasteiger partial charge in [0.05, 0.1) is 23.6 Å². The van der Waals surface area contributed by atoms with E-state index in [2.05, 4.69) is 0 Å². The van der Waals surface area contributed by atoms with Crippen LogP contribution in [0.1, 0.15) is 31.7 Å². The average Bonchev–Trinajstić information content (AvgIpc) is 2.97. The maximum absolute atomic E-state index is 12.7. The van der Waals surface area contributed by atoms with Crippen molar-refractivity contribution < 1.29 is 23.9 Å². The molecular formula is C20H23ClN2O5S. The molecule has 0 spiro atoms. The second kappa shape index (κ2) is 9.54. The van der Waals surface area contributed by atoms with Crippen molar-refractivity contribution in [2.24, 2.45) is 0 Å². The molecule has 2 fully saturated rings. The maximum Gasteiger partial charge on any atom is 0.294 e. The lowest BCUT2D eigenvalue weighted by atomic mass is 10.1. The molecule has 1 aromatic rings. The van der Waals surface area contributed by atoms with Crippen LogP contribution in [-0.4, -0.2) is 60.2 Å². The fourth-order valence-corrected chi connectivity index (χ4v) is 4.39. The molecule has 0 unspecified atom stereocenters. The molecule has 3 rings (SSSR count). The minimum atomic E-state index is -0.477. The summed E-state index contributed by atoms with van der Waals surface area (Å²) in [5, 5.41) is -0.104. The average molecular weight is 439 g/mol. The quantitative estimate of drug-likeness (QED) is 0.629. The third-order valence-electron chi connectivity index (χ3n) is 4.71. The molecule has 3 amide bonds. The number of likely N-dealkylation sites (tertiary alicyclic amines) is 1. The Kier molecular flexibility index (Phi) is 7.08. The van der Waals surface area contributed by atoms with E-state index in [1.807, 2.05) is 6.92 Å². The van der Waals surface area contributed by atoms with E-state index in [-0.39, 0.29) is 17.4 Å². The number of hydrogen-bond acceptors (Lipinski definition) is 6. The predicted octanol–water partition coefficient (Wildman–Crippen LogP) is 3.80. The molecule has 0 aliphatic carbocycles. The SMILES string of the molecule is CCOc1c(Cl)cc(C=C2SC(=O)N(CC(=O)N3CCCCC3)C2=O)cc1OC. The summed E-state index contributed by atoms with van der Waals surface area (Å²) in [5.41, 5.74) is 0.600. The summed E-state index contributed by atoms with van der Waals surface area (Å²) in [4.78, 5) is 40.4. The third kappa shape index (κ3) is 4.87. The lowest BCUT2D eigenvalue weighted by Gasteiger charge is -2.27. The Bertz CT molecular complexity index is 852. The van der Waals surface area contributed by atoms with Crippen molar-refractivity contribution in [3.05, 3.63) is 27.6 Å². The predicted molar refractivity (Wildman–Crippen MR) is 112 cm³/mol. The van der Waals surface area contributed by atoms with Gasteiger partial charge < -0.3 is 14.4 Å². The van der Waals surface area contributed by atoms with Crippen LogP contribution in [0.2, 0.25) is 5.02 Å². The molecule has 0 N–H and O–H groups in total. The molecule has 0 aromatic heterocycles. The number of rotatable bonds is 6. The van der Waals surface area contributed by atoms with Crippen molar-refractivity contribution in [2.45, 2.75) is 26.2 Å². The number of carbonyl (C=O) groups is 3. The number of thioether (sulfide) groups is 1. The monoisotopic (exact) mass is 438 g/mol. The van der Waals surface area contributed by atoms with E-state index < -0.39 is 11.1 Å². The molecule has 7 nitrogen and oxygen atoms in total. The summed E-state index contributed by atoms with van der Waals surface area (Å²) in [6.07, 6.45) is 4.57. The maximum atomic E-state index is 12.7. The highest BCUT2D eigenvalue weighted by atomic mass is 35.5. The number of carbonyl (C=O) groups excluding carboxylic acids is 3. The van der Waals surface area contributed by atoms with Crippen LogP contribution in [0, 0.1) is 0 Å². The number of hydrogen-bond donors (Lipinski definition) is 0. The number of halogens is 1. The number of amides is 3. The van der Waals surface area contributed by atoms with Crippen LogP contribution in [0.3, 0.4) is 0 Å². The molecule has 0 atom stereocenters. The highest BCUT2D eigenvalue weighted by Gasteiger charge is 2.37. The van der Waals surface area contributed by atoms with Gasteiger partial charge in [0.25, 0.3) is 11.1 Å². The first kappa shape index (κ1) is 21.5. The minimum absolute atomic E-state index is 0.195. The van der Waals surface area contributed by atoms with Gasteiger partial charge in [-0.2, -0.15) is 0 Å². The second-order valence-corrected chi connectivity index (χ2v) is 8.08. The molecule has 1 aromatic carbocycles. The van der Waals surface area contributed by atoms with Gasteiger partial charge in [-0.15, -0.1) is 0 Å². The van der Waals surface area contributed by atoms with E-state index in [1.165, 1.54) is 7.11 Å². The number of piperidine rings is 1. The lowest BCUT2D eigenvalue weighted by molar-refractivity contribution is -0.136. The van der Waals surface area contributed by atoms with Crippen molar-refractivity contribution in [3.8, 4) is 11.5 Å². The van der Waals surface area contributed by atoms with Gasteiger partial charge in [0.1, 0.15) is 6.54 Å². The molecule has 156 valence electrons. The van der Waals surface area contributed by atoms with E-state index in [1.54, 1.807) is 23.1 Å². The zero-order valence-electron chi connectivity index (χ0n) is 16.4. The van der Waals surface area contributed by atoms with E-state index in [9.17, 15) is 14.4 Å². The van der Waals surface area contributed by atoms with Crippen LogP contribution in [0.15, 0.2) is 17.0 Å². The Morgan fingerprint density at radius 1 is 1.24 bits per heavy atom. The summed E-state index contributed by atoms with van der Waals surface area (Å²) < 4.78 is 10.8.